The maximum atomic E-state index is 12.1. The Bertz CT molecular complexity index is 795. The quantitative estimate of drug-likeness (QED) is 0.797. The highest BCUT2D eigenvalue weighted by Crippen LogP contribution is 2.09. The first-order valence-electron chi connectivity index (χ1n) is 6.73. The zero-order valence-corrected chi connectivity index (χ0v) is 12.2. The number of nitrogens with one attached hydrogen (secondary N) is 1. The number of amides is 1. The van der Waals surface area contributed by atoms with Crippen LogP contribution in [0.2, 0.25) is 0 Å². The fraction of sp³-hybridized carbons (Fsp3) is 0.133. The SMILES string of the molecule is Cc1cc(C)n(-c2ccc(C(=O)Nc3ccccn3)nn2)n1. The fourth-order valence-corrected chi connectivity index (χ4v) is 2.04. The second-order valence-electron chi connectivity index (χ2n) is 4.78. The second kappa shape index (κ2) is 5.72. The summed E-state index contributed by atoms with van der Waals surface area (Å²) in [6, 6.07) is 10.5. The Balaban J connectivity index is 1.79. The molecule has 0 aromatic carbocycles. The van der Waals surface area contributed by atoms with E-state index in [2.05, 4.69) is 25.6 Å². The lowest BCUT2D eigenvalue weighted by molar-refractivity contribution is 0.102. The molecular weight excluding hydrogens is 280 g/mol. The predicted octanol–water partition coefficient (Wildman–Crippen LogP) is 1.93. The van der Waals surface area contributed by atoms with Crippen LogP contribution in [0.4, 0.5) is 5.82 Å². The number of carbonyl (C=O) groups excluding carboxylic acids is 1. The van der Waals surface area contributed by atoms with Crippen molar-refractivity contribution in [1.82, 2.24) is 25.0 Å². The van der Waals surface area contributed by atoms with E-state index in [0.29, 0.717) is 11.6 Å². The molecule has 0 unspecified atom stereocenters. The lowest BCUT2D eigenvalue weighted by Gasteiger charge is -2.05. The minimum absolute atomic E-state index is 0.218. The number of rotatable bonds is 3. The summed E-state index contributed by atoms with van der Waals surface area (Å²) in [5.74, 6) is 0.683. The van der Waals surface area contributed by atoms with Gasteiger partial charge in [0.25, 0.3) is 5.91 Å². The van der Waals surface area contributed by atoms with Gasteiger partial charge in [-0.2, -0.15) is 5.10 Å². The van der Waals surface area contributed by atoms with E-state index < -0.39 is 0 Å². The zero-order valence-electron chi connectivity index (χ0n) is 12.2. The van der Waals surface area contributed by atoms with Crippen LogP contribution in [0.5, 0.6) is 0 Å². The standard InChI is InChI=1S/C15H14N6O/c1-10-9-11(2)21(20-10)14-7-6-12(18-19-14)15(22)17-13-5-3-4-8-16-13/h3-9H,1-2H3,(H,16,17,22). The number of aromatic nitrogens is 5. The maximum absolute atomic E-state index is 12.1. The lowest BCUT2D eigenvalue weighted by atomic mass is 10.3. The van der Waals surface area contributed by atoms with Crippen molar-refractivity contribution >= 4 is 11.7 Å². The van der Waals surface area contributed by atoms with Gasteiger partial charge in [-0.15, -0.1) is 10.2 Å². The van der Waals surface area contributed by atoms with E-state index >= 15 is 0 Å². The van der Waals surface area contributed by atoms with E-state index in [0.717, 1.165) is 11.4 Å². The fourth-order valence-electron chi connectivity index (χ4n) is 2.04. The molecule has 3 heterocycles. The predicted molar refractivity (Wildman–Crippen MR) is 80.8 cm³/mol. The molecular formula is C15H14N6O. The Morgan fingerprint density at radius 3 is 2.59 bits per heavy atom. The highest BCUT2D eigenvalue weighted by Gasteiger charge is 2.11. The van der Waals surface area contributed by atoms with Crippen molar-refractivity contribution < 1.29 is 4.79 Å². The number of pyridine rings is 1. The van der Waals surface area contributed by atoms with Gasteiger partial charge in [0, 0.05) is 11.9 Å². The normalized spacial score (nSPS) is 10.5. The summed E-state index contributed by atoms with van der Waals surface area (Å²) in [7, 11) is 0. The van der Waals surface area contributed by atoms with Crippen LogP contribution >= 0.6 is 0 Å². The van der Waals surface area contributed by atoms with Crippen molar-refractivity contribution in [3.63, 3.8) is 0 Å². The van der Waals surface area contributed by atoms with E-state index in [-0.39, 0.29) is 11.6 Å². The molecule has 110 valence electrons. The second-order valence-corrected chi connectivity index (χ2v) is 4.78. The average Bonchev–Trinajstić information content (AvgIpc) is 2.87. The summed E-state index contributed by atoms with van der Waals surface area (Å²) in [6.07, 6.45) is 1.60. The van der Waals surface area contributed by atoms with E-state index in [1.807, 2.05) is 19.9 Å². The molecule has 0 aliphatic heterocycles. The molecule has 7 nitrogen and oxygen atoms in total. The van der Waals surface area contributed by atoms with Crippen LogP contribution in [-0.2, 0) is 0 Å². The summed E-state index contributed by atoms with van der Waals surface area (Å²) in [5.41, 5.74) is 2.07. The van der Waals surface area contributed by atoms with Crippen molar-refractivity contribution in [2.24, 2.45) is 0 Å². The molecule has 0 fully saturated rings. The van der Waals surface area contributed by atoms with Crippen molar-refractivity contribution in [2.75, 3.05) is 5.32 Å². The molecule has 0 bridgehead atoms. The van der Waals surface area contributed by atoms with E-state index in [1.54, 1.807) is 41.2 Å². The third-order valence-corrected chi connectivity index (χ3v) is 3.02. The molecule has 3 aromatic heterocycles. The van der Waals surface area contributed by atoms with E-state index in [9.17, 15) is 4.79 Å². The van der Waals surface area contributed by atoms with Crippen LogP contribution in [-0.4, -0.2) is 30.9 Å². The smallest absolute Gasteiger partial charge is 0.277 e. The Labute approximate surface area is 127 Å². The average molecular weight is 294 g/mol. The Morgan fingerprint density at radius 2 is 2.00 bits per heavy atom. The molecule has 0 atom stereocenters. The molecule has 1 amide bonds. The van der Waals surface area contributed by atoms with E-state index in [1.165, 1.54) is 0 Å². The number of carbonyl (C=O) groups is 1. The zero-order chi connectivity index (χ0) is 15.5. The van der Waals surface area contributed by atoms with E-state index in [4.69, 9.17) is 0 Å². The highest BCUT2D eigenvalue weighted by molar-refractivity contribution is 6.02. The van der Waals surface area contributed by atoms with Gasteiger partial charge in [-0.05, 0) is 44.2 Å². The van der Waals surface area contributed by atoms with Crippen LogP contribution in [0.25, 0.3) is 5.82 Å². The third kappa shape index (κ3) is 2.83. The molecule has 0 spiro atoms. The van der Waals surface area contributed by atoms with Gasteiger partial charge in [-0.25, -0.2) is 9.67 Å². The third-order valence-electron chi connectivity index (χ3n) is 3.02. The molecule has 3 rings (SSSR count). The summed E-state index contributed by atoms with van der Waals surface area (Å²) < 4.78 is 1.68. The maximum Gasteiger partial charge on any atom is 0.277 e. The van der Waals surface area contributed by atoms with Crippen molar-refractivity contribution in [2.45, 2.75) is 13.8 Å². The molecule has 0 radical (unpaired) electrons. The van der Waals surface area contributed by atoms with Crippen molar-refractivity contribution in [3.05, 3.63) is 59.7 Å². The van der Waals surface area contributed by atoms with Crippen LogP contribution in [0.3, 0.4) is 0 Å². The molecule has 0 aliphatic carbocycles. The first kappa shape index (κ1) is 13.9. The Hall–Kier alpha value is -3.09. The number of nitrogens with zero attached hydrogens (tertiary/aromatic N) is 5. The first-order chi connectivity index (χ1) is 10.6. The number of anilines is 1. The molecule has 22 heavy (non-hydrogen) atoms. The highest BCUT2D eigenvalue weighted by atomic mass is 16.2. The van der Waals surface area contributed by atoms with Gasteiger partial charge >= 0.3 is 0 Å². The molecule has 7 heteroatoms. The monoisotopic (exact) mass is 294 g/mol. The van der Waals surface area contributed by atoms with Crippen molar-refractivity contribution in [1.29, 1.82) is 0 Å². The summed E-state index contributed by atoms with van der Waals surface area (Å²) in [6.45, 7) is 3.84. The molecule has 0 aliphatic rings. The molecule has 0 saturated carbocycles. The van der Waals surface area contributed by atoms with Gasteiger partial charge < -0.3 is 5.32 Å². The van der Waals surface area contributed by atoms with Crippen LogP contribution in [0.15, 0.2) is 42.6 Å². The number of hydrogen-bond acceptors (Lipinski definition) is 5. The van der Waals surface area contributed by atoms with Gasteiger partial charge in [0.1, 0.15) is 5.82 Å². The lowest BCUT2D eigenvalue weighted by Crippen LogP contribution is -2.16. The molecule has 0 saturated heterocycles. The van der Waals surface area contributed by atoms with Crippen LogP contribution in [0.1, 0.15) is 21.9 Å². The van der Waals surface area contributed by atoms with Gasteiger partial charge in [0.05, 0.1) is 5.69 Å². The van der Waals surface area contributed by atoms with Crippen molar-refractivity contribution in [3.8, 4) is 5.82 Å². The summed E-state index contributed by atoms with van der Waals surface area (Å²) >= 11 is 0. The molecule has 3 aromatic rings. The molecule has 1 N–H and O–H groups in total. The Kier molecular flexibility index (Phi) is 3.61. The van der Waals surface area contributed by atoms with Gasteiger partial charge in [0.15, 0.2) is 11.5 Å². The van der Waals surface area contributed by atoms with Crippen LogP contribution < -0.4 is 5.32 Å². The summed E-state index contributed by atoms with van der Waals surface area (Å²) in [5, 5.41) is 15.0. The van der Waals surface area contributed by atoms with Gasteiger partial charge in [-0.1, -0.05) is 6.07 Å². The Morgan fingerprint density at radius 1 is 1.14 bits per heavy atom. The summed E-state index contributed by atoms with van der Waals surface area (Å²) in [4.78, 5) is 16.1. The first-order valence-corrected chi connectivity index (χ1v) is 6.73. The number of aryl methyl sites for hydroxylation is 2. The minimum Gasteiger partial charge on any atom is -0.305 e. The topological polar surface area (TPSA) is 85.6 Å². The number of hydrogen-bond donors (Lipinski definition) is 1. The van der Waals surface area contributed by atoms with Gasteiger partial charge in [0.2, 0.25) is 0 Å². The minimum atomic E-state index is -0.355. The largest absolute Gasteiger partial charge is 0.305 e. The van der Waals surface area contributed by atoms with Crippen LogP contribution in [0, 0.1) is 13.8 Å². The van der Waals surface area contributed by atoms with Gasteiger partial charge in [-0.3, -0.25) is 4.79 Å².